The van der Waals surface area contributed by atoms with Crippen molar-refractivity contribution in [2.24, 2.45) is 0 Å². The highest BCUT2D eigenvalue weighted by atomic mass is 79.9. The van der Waals surface area contributed by atoms with Gasteiger partial charge in [0.1, 0.15) is 0 Å². The molecule has 0 spiro atoms. The summed E-state index contributed by atoms with van der Waals surface area (Å²) in [5, 5.41) is 3.27. The number of aryl methyl sites for hydroxylation is 1. The molecule has 1 unspecified atom stereocenters. The summed E-state index contributed by atoms with van der Waals surface area (Å²) in [6.45, 7) is 4.30. The standard InChI is InChI=1S/C16H18BrNO2S/c1-3-11-9-10-14(21-11)15(16(19)20-4-2)18-13-8-6-5-7-12(13)17/h5-10,15,18H,3-4H2,1-2H3. The lowest BCUT2D eigenvalue weighted by molar-refractivity contribution is -0.144. The van der Waals surface area contributed by atoms with Crippen molar-refractivity contribution >= 4 is 38.9 Å². The zero-order valence-corrected chi connectivity index (χ0v) is 14.5. The second-order valence-corrected chi connectivity index (χ2v) is 6.52. The number of thiophene rings is 1. The Morgan fingerprint density at radius 2 is 2.05 bits per heavy atom. The molecule has 0 aliphatic heterocycles. The van der Waals surface area contributed by atoms with Crippen molar-refractivity contribution in [2.45, 2.75) is 26.3 Å². The predicted molar refractivity (Wildman–Crippen MR) is 90.8 cm³/mol. The van der Waals surface area contributed by atoms with Crippen molar-refractivity contribution < 1.29 is 9.53 Å². The quantitative estimate of drug-likeness (QED) is 0.745. The molecule has 2 aromatic rings. The molecule has 1 atom stereocenters. The van der Waals surface area contributed by atoms with E-state index >= 15 is 0 Å². The fourth-order valence-electron chi connectivity index (χ4n) is 1.95. The number of nitrogens with one attached hydrogen (secondary N) is 1. The van der Waals surface area contributed by atoms with Crippen LogP contribution in [0.2, 0.25) is 0 Å². The van der Waals surface area contributed by atoms with Crippen LogP contribution in [0.5, 0.6) is 0 Å². The van der Waals surface area contributed by atoms with Gasteiger partial charge in [0.05, 0.1) is 6.61 Å². The van der Waals surface area contributed by atoms with Gasteiger partial charge < -0.3 is 10.1 Å². The van der Waals surface area contributed by atoms with Crippen molar-refractivity contribution in [3.63, 3.8) is 0 Å². The average Bonchev–Trinajstić information content (AvgIpc) is 2.95. The van der Waals surface area contributed by atoms with Gasteiger partial charge in [-0.25, -0.2) is 4.79 Å². The summed E-state index contributed by atoms with van der Waals surface area (Å²) < 4.78 is 6.13. The van der Waals surface area contributed by atoms with Gasteiger partial charge in [0.25, 0.3) is 0 Å². The first-order valence-electron chi connectivity index (χ1n) is 6.92. The maximum Gasteiger partial charge on any atom is 0.334 e. The Morgan fingerprint density at radius 1 is 1.29 bits per heavy atom. The van der Waals surface area contributed by atoms with Gasteiger partial charge in [-0.15, -0.1) is 11.3 Å². The van der Waals surface area contributed by atoms with Gasteiger partial charge in [-0.05, 0) is 53.5 Å². The Kier molecular flexibility index (Phi) is 5.82. The predicted octanol–water partition coefficient (Wildman–Crippen LogP) is 4.79. The molecular weight excluding hydrogens is 350 g/mol. The normalized spacial score (nSPS) is 12.0. The molecular formula is C16H18BrNO2S. The summed E-state index contributed by atoms with van der Waals surface area (Å²) in [5.74, 6) is -0.252. The van der Waals surface area contributed by atoms with Crippen molar-refractivity contribution in [1.82, 2.24) is 0 Å². The van der Waals surface area contributed by atoms with Crippen LogP contribution in [0.3, 0.4) is 0 Å². The Labute approximate surface area is 137 Å². The molecule has 0 saturated carbocycles. The first kappa shape index (κ1) is 16.0. The molecule has 0 fully saturated rings. The van der Waals surface area contributed by atoms with E-state index in [0.29, 0.717) is 6.61 Å². The third-order valence-corrected chi connectivity index (χ3v) is 5.00. The largest absolute Gasteiger partial charge is 0.464 e. The lowest BCUT2D eigenvalue weighted by atomic mass is 10.2. The Morgan fingerprint density at radius 3 is 2.67 bits per heavy atom. The molecule has 0 aliphatic rings. The second-order valence-electron chi connectivity index (χ2n) is 4.47. The highest BCUT2D eigenvalue weighted by Crippen LogP contribution is 2.30. The Bertz CT molecular complexity index is 612. The monoisotopic (exact) mass is 367 g/mol. The van der Waals surface area contributed by atoms with Crippen molar-refractivity contribution in [1.29, 1.82) is 0 Å². The third-order valence-electron chi connectivity index (χ3n) is 3.01. The molecule has 1 aromatic heterocycles. The number of esters is 1. The molecule has 3 nitrogen and oxygen atoms in total. The number of rotatable bonds is 6. The van der Waals surface area contributed by atoms with E-state index in [9.17, 15) is 4.79 Å². The van der Waals surface area contributed by atoms with Crippen LogP contribution in [0.15, 0.2) is 40.9 Å². The van der Waals surface area contributed by atoms with E-state index in [1.54, 1.807) is 11.3 Å². The number of anilines is 1. The van der Waals surface area contributed by atoms with E-state index < -0.39 is 6.04 Å². The number of hydrogen-bond donors (Lipinski definition) is 1. The van der Waals surface area contributed by atoms with Crippen LogP contribution in [-0.4, -0.2) is 12.6 Å². The smallest absolute Gasteiger partial charge is 0.334 e. The Hall–Kier alpha value is -1.33. The molecule has 0 aliphatic carbocycles. The van der Waals surface area contributed by atoms with Crippen LogP contribution >= 0.6 is 27.3 Å². The van der Waals surface area contributed by atoms with Crippen molar-refractivity contribution in [3.05, 3.63) is 50.6 Å². The fraction of sp³-hybridized carbons (Fsp3) is 0.312. The minimum absolute atomic E-state index is 0.252. The zero-order chi connectivity index (χ0) is 15.2. The zero-order valence-electron chi connectivity index (χ0n) is 12.1. The third kappa shape index (κ3) is 4.08. The molecule has 0 saturated heterocycles. The molecule has 112 valence electrons. The van der Waals surface area contributed by atoms with Crippen LogP contribution in [-0.2, 0) is 16.0 Å². The Balaban J connectivity index is 2.28. The highest BCUT2D eigenvalue weighted by molar-refractivity contribution is 9.10. The average molecular weight is 368 g/mol. The molecule has 5 heteroatoms. The number of halogens is 1. The van der Waals surface area contributed by atoms with E-state index in [1.165, 1.54) is 4.88 Å². The van der Waals surface area contributed by atoms with Gasteiger partial charge in [-0.2, -0.15) is 0 Å². The van der Waals surface area contributed by atoms with Crippen molar-refractivity contribution in [2.75, 3.05) is 11.9 Å². The van der Waals surface area contributed by atoms with Crippen LogP contribution < -0.4 is 5.32 Å². The number of hydrogen-bond acceptors (Lipinski definition) is 4. The highest BCUT2D eigenvalue weighted by Gasteiger charge is 2.24. The number of carbonyl (C=O) groups excluding carboxylic acids is 1. The maximum absolute atomic E-state index is 12.3. The first-order chi connectivity index (χ1) is 10.2. The summed E-state index contributed by atoms with van der Waals surface area (Å²) in [5.41, 5.74) is 0.877. The van der Waals surface area contributed by atoms with E-state index in [1.807, 2.05) is 37.3 Å². The minimum Gasteiger partial charge on any atom is -0.464 e. The molecule has 21 heavy (non-hydrogen) atoms. The lowest BCUT2D eigenvalue weighted by Gasteiger charge is -2.18. The second kappa shape index (κ2) is 7.61. The van der Waals surface area contributed by atoms with Crippen LogP contribution in [0.25, 0.3) is 0 Å². The minimum atomic E-state index is -0.478. The molecule has 1 heterocycles. The van der Waals surface area contributed by atoms with Crippen LogP contribution in [0, 0.1) is 0 Å². The van der Waals surface area contributed by atoms with E-state index in [-0.39, 0.29) is 5.97 Å². The summed E-state index contributed by atoms with van der Waals surface area (Å²) >= 11 is 5.13. The van der Waals surface area contributed by atoms with E-state index in [4.69, 9.17) is 4.74 Å². The molecule has 1 aromatic carbocycles. The number of ether oxygens (including phenoxy) is 1. The van der Waals surface area contributed by atoms with E-state index in [0.717, 1.165) is 21.5 Å². The summed E-state index contributed by atoms with van der Waals surface area (Å²) in [6.07, 6.45) is 0.968. The van der Waals surface area contributed by atoms with Crippen LogP contribution in [0.4, 0.5) is 5.69 Å². The SMILES string of the molecule is CCOC(=O)C(Nc1ccccc1Br)c1ccc(CC)s1. The molecule has 0 radical (unpaired) electrons. The summed E-state index contributed by atoms with van der Waals surface area (Å²) in [6, 6.07) is 11.3. The molecule has 1 N–H and O–H groups in total. The topological polar surface area (TPSA) is 38.3 Å². The van der Waals surface area contributed by atoms with Gasteiger partial charge in [0.15, 0.2) is 6.04 Å². The van der Waals surface area contributed by atoms with Crippen molar-refractivity contribution in [3.8, 4) is 0 Å². The van der Waals surface area contributed by atoms with Gasteiger partial charge in [0, 0.05) is 19.9 Å². The maximum atomic E-state index is 12.3. The van der Waals surface area contributed by atoms with E-state index in [2.05, 4.69) is 34.2 Å². The van der Waals surface area contributed by atoms with Gasteiger partial charge in [-0.1, -0.05) is 19.1 Å². The van der Waals surface area contributed by atoms with Gasteiger partial charge in [0.2, 0.25) is 0 Å². The van der Waals surface area contributed by atoms with Gasteiger partial charge in [-0.3, -0.25) is 0 Å². The fourth-order valence-corrected chi connectivity index (χ4v) is 3.34. The number of carbonyl (C=O) groups is 1. The summed E-state index contributed by atoms with van der Waals surface area (Å²) in [4.78, 5) is 14.5. The summed E-state index contributed by atoms with van der Waals surface area (Å²) in [7, 11) is 0. The number of para-hydroxylation sites is 1. The van der Waals surface area contributed by atoms with Gasteiger partial charge >= 0.3 is 5.97 Å². The molecule has 0 amide bonds. The first-order valence-corrected chi connectivity index (χ1v) is 8.53. The number of benzene rings is 1. The molecule has 0 bridgehead atoms. The lowest BCUT2D eigenvalue weighted by Crippen LogP contribution is -2.22. The van der Waals surface area contributed by atoms with Crippen LogP contribution in [0.1, 0.15) is 29.6 Å². The molecule has 2 rings (SSSR count).